The second-order valence-corrected chi connectivity index (χ2v) is 7.52. The fraction of sp³-hybridized carbons (Fsp3) is 0.350. The van der Waals surface area contributed by atoms with E-state index in [0.717, 1.165) is 28.2 Å². The summed E-state index contributed by atoms with van der Waals surface area (Å²) in [7, 11) is 1.56. The number of aromatic nitrogens is 2. The monoisotopic (exact) mass is 400 g/mol. The Morgan fingerprint density at radius 3 is 2.79 bits per heavy atom. The van der Waals surface area contributed by atoms with E-state index in [0.29, 0.717) is 17.2 Å². The van der Waals surface area contributed by atoms with Crippen LogP contribution in [-0.4, -0.2) is 40.2 Å². The van der Waals surface area contributed by atoms with Crippen molar-refractivity contribution in [3.05, 3.63) is 42.2 Å². The quantitative estimate of drug-likeness (QED) is 0.532. The molecule has 1 amide bonds. The maximum Gasteiger partial charge on any atom is 0.269 e. The highest BCUT2D eigenvalue weighted by molar-refractivity contribution is 7.22. The molecule has 0 aliphatic carbocycles. The van der Waals surface area contributed by atoms with Crippen molar-refractivity contribution >= 4 is 32.6 Å². The van der Waals surface area contributed by atoms with Gasteiger partial charge in [0.05, 0.1) is 22.4 Å². The molecule has 8 heteroatoms. The number of ether oxygens (including phenoxy) is 1. The molecule has 0 bridgehead atoms. The number of amides is 1. The number of carbonyl (C=O) groups excluding carboxylic acids is 1. The van der Waals surface area contributed by atoms with Crippen LogP contribution in [-0.2, 0) is 0 Å². The number of fused-ring (bicyclic) bond motifs is 1. The van der Waals surface area contributed by atoms with E-state index in [1.165, 1.54) is 17.5 Å². The van der Waals surface area contributed by atoms with Gasteiger partial charge in [0.25, 0.3) is 5.91 Å². The maximum absolute atomic E-state index is 11.7. The van der Waals surface area contributed by atoms with E-state index in [4.69, 9.17) is 4.74 Å². The van der Waals surface area contributed by atoms with Crippen molar-refractivity contribution in [2.75, 3.05) is 12.4 Å². The molecule has 148 valence electrons. The molecule has 3 N–H and O–H groups in total. The Hall–Kier alpha value is -2.71. The number of nitrogens with one attached hydrogen (secondary N) is 2. The highest BCUT2D eigenvalue weighted by Gasteiger charge is 2.16. The first-order valence-electron chi connectivity index (χ1n) is 9.21. The average molecular weight is 401 g/mol. The molecule has 28 heavy (non-hydrogen) atoms. The number of hydrogen-bond acceptors (Lipinski definition) is 7. The Balaban J connectivity index is 1.78. The minimum Gasteiger partial charge on any atom is -0.457 e. The molecule has 2 aromatic heterocycles. The lowest BCUT2D eigenvalue weighted by atomic mass is 10.1. The minimum atomic E-state index is -0.452. The number of pyridine rings is 1. The predicted octanol–water partition coefficient (Wildman–Crippen LogP) is 3.80. The van der Waals surface area contributed by atoms with Gasteiger partial charge in [-0.25, -0.2) is 4.98 Å². The van der Waals surface area contributed by atoms with Crippen molar-refractivity contribution < 1.29 is 14.6 Å². The van der Waals surface area contributed by atoms with E-state index >= 15 is 0 Å². The highest BCUT2D eigenvalue weighted by atomic mass is 32.1. The molecule has 0 saturated heterocycles. The first-order chi connectivity index (χ1) is 13.5. The lowest BCUT2D eigenvalue weighted by Gasteiger charge is -2.20. The lowest BCUT2D eigenvalue weighted by molar-refractivity contribution is 0.0958. The van der Waals surface area contributed by atoms with Crippen LogP contribution in [0.2, 0.25) is 0 Å². The minimum absolute atomic E-state index is 0.0266. The molecule has 0 fully saturated rings. The Morgan fingerprint density at radius 2 is 2.07 bits per heavy atom. The second kappa shape index (κ2) is 8.99. The molecule has 0 spiro atoms. The molecule has 0 radical (unpaired) electrons. The van der Waals surface area contributed by atoms with Crippen molar-refractivity contribution in [2.24, 2.45) is 0 Å². The molecule has 2 atom stereocenters. The van der Waals surface area contributed by atoms with Crippen LogP contribution in [0.15, 0.2) is 36.5 Å². The number of carbonyl (C=O) groups is 1. The van der Waals surface area contributed by atoms with E-state index in [1.54, 1.807) is 26.1 Å². The van der Waals surface area contributed by atoms with Crippen LogP contribution in [0, 0.1) is 0 Å². The van der Waals surface area contributed by atoms with Gasteiger partial charge < -0.3 is 20.5 Å². The molecular formula is C20H24N4O3S. The highest BCUT2D eigenvalue weighted by Crippen LogP contribution is 2.32. The average Bonchev–Trinajstić information content (AvgIpc) is 3.08. The number of benzene rings is 1. The third-order valence-electron chi connectivity index (χ3n) is 4.28. The normalized spacial score (nSPS) is 13.1. The summed E-state index contributed by atoms with van der Waals surface area (Å²) in [5.41, 5.74) is 1.16. The van der Waals surface area contributed by atoms with Crippen molar-refractivity contribution in [3.63, 3.8) is 0 Å². The number of hydrogen-bond donors (Lipinski definition) is 3. The predicted molar refractivity (Wildman–Crippen MR) is 111 cm³/mol. The molecule has 0 unspecified atom stereocenters. The SMILES string of the molecule is CCC[C@H](Nc1nc2ccc(Oc3ccnc(C(=O)NC)c3)cc2s1)[C@H](C)O. The summed E-state index contributed by atoms with van der Waals surface area (Å²) in [4.78, 5) is 20.3. The van der Waals surface area contributed by atoms with Crippen LogP contribution in [0.25, 0.3) is 10.2 Å². The van der Waals surface area contributed by atoms with Crippen molar-refractivity contribution in [2.45, 2.75) is 38.8 Å². The molecule has 3 rings (SSSR count). The Labute approximate surface area is 167 Å². The fourth-order valence-electron chi connectivity index (χ4n) is 2.80. The van der Waals surface area contributed by atoms with E-state index in [2.05, 4.69) is 27.5 Å². The van der Waals surface area contributed by atoms with E-state index in [-0.39, 0.29) is 11.9 Å². The Bertz CT molecular complexity index is 958. The molecule has 1 aromatic carbocycles. The van der Waals surface area contributed by atoms with Crippen molar-refractivity contribution in [1.29, 1.82) is 0 Å². The first-order valence-corrected chi connectivity index (χ1v) is 10.0. The van der Waals surface area contributed by atoms with Crippen LogP contribution in [0.1, 0.15) is 37.2 Å². The zero-order valence-electron chi connectivity index (χ0n) is 16.1. The molecule has 7 nitrogen and oxygen atoms in total. The largest absolute Gasteiger partial charge is 0.457 e. The fourth-order valence-corrected chi connectivity index (χ4v) is 3.75. The summed E-state index contributed by atoms with van der Waals surface area (Å²) in [5.74, 6) is 0.921. The number of rotatable bonds is 8. The van der Waals surface area contributed by atoms with Crippen LogP contribution in [0.3, 0.4) is 0 Å². The molecule has 0 aliphatic rings. The third-order valence-corrected chi connectivity index (χ3v) is 5.23. The Kier molecular flexibility index (Phi) is 6.43. The maximum atomic E-state index is 11.7. The molecule has 0 saturated carbocycles. The van der Waals surface area contributed by atoms with Crippen LogP contribution in [0.5, 0.6) is 11.5 Å². The summed E-state index contributed by atoms with van der Waals surface area (Å²) < 4.78 is 6.86. The number of nitrogens with zero attached hydrogens (tertiary/aromatic N) is 2. The van der Waals surface area contributed by atoms with Gasteiger partial charge in [-0.1, -0.05) is 24.7 Å². The zero-order valence-corrected chi connectivity index (χ0v) is 16.9. The van der Waals surface area contributed by atoms with Gasteiger partial charge in [0, 0.05) is 25.4 Å². The van der Waals surface area contributed by atoms with Crippen molar-refractivity contribution in [3.8, 4) is 11.5 Å². The first kappa shape index (κ1) is 20.0. The van der Waals surface area contributed by atoms with Gasteiger partial charge in [-0.3, -0.25) is 9.78 Å². The standard InChI is InChI=1S/C20H24N4O3S/c1-4-5-15(12(2)25)23-20-24-16-7-6-13(11-18(16)28-20)27-14-8-9-22-17(10-14)19(26)21-3/h6-12,15,25H,4-5H2,1-3H3,(H,21,26)(H,23,24)/t12-,15-/m0/s1. The number of aliphatic hydroxyl groups is 1. The van der Waals surface area contributed by atoms with Gasteiger partial charge in [0.1, 0.15) is 17.2 Å². The molecule has 3 aromatic rings. The number of aliphatic hydroxyl groups excluding tert-OH is 1. The topological polar surface area (TPSA) is 96.4 Å². The molecule has 0 aliphatic heterocycles. The summed E-state index contributed by atoms with van der Waals surface area (Å²) in [6.45, 7) is 3.88. The van der Waals surface area contributed by atoms with Gasteiger partial charge in [-0.15, -0.1) is 0 Å². The van der Waals surface area contributed by atoms with Crippen molar-refractivity contribution in [1.82, 2.24) is 15.3 Å². The van der Waals surface area contributed by atoms with Crippen LogP contribution < -0.4 is 15.4 Å². The molecule has 2 heterocycles. The number of thiazole rings is 1. The van der Waals surface area contributed by atoms with Gasteiger partial charge in [0.2, 0.25) is 0 Å². The van der Waals surface area contributed by atoms with E-state index in [9.17, 15) is 9.90 Å². The van der Waals surface area contributed by atoms with Gasteiger partial charge in [0.15, 0.2) is 5.13 Å². The lowest BCUT2D eigenvalue weighted by Crippen LogP contribution is -2.31. The summed E-state index contributed by atoms with van der Waals surface area (Å²) in [5, 5.41) is 16.6. The van der Waals surface area contributed by atoms with Gasteiger partial charge in [-0.2, -0.15) is 0 Å². The van der Waals surface area contributed by atoms with Crippen LogP contribution >= 0.6 is 11.3 Å². The summed E-state index contributed by atoms with van der Waals surface area (Å²) in [6, 6.07) is 8.92. The van der Waals surface area contributed by atoms with Gasteiger partial charge >= 0.3 is 0 Å². The zero-order chi connectivity index (χ0) is 20.1. The van der Waals surface area contributed by atoms with E-state index in [1.807, 2.05) is 18.2 Å². The summed E-state index contributed by atoms with van der Waals surface area (Å²) >= 11 is 1.52. The smallest absolute Gasteiger partial charge is 0.269 e. The third kappa shape index (κ3) is 4.76. The summed E-state index contributed by atoms with van der Waals surface area (Å²) in [6.07, 6.45) is 2.94. The second-order valence-electron chi connectivity index (χ2n) is 6.49. The molecular weight excluding hydrogens is 376 g/mol. The van der Waals surface area contributed by atoms with Crippen LogP contribution in [0.4, 0.5) is 5.13 Å². The Morgan fingerprint density at radius 1 is 1.29 bits per heavy atom. The van der Waals surface area contributed by atoms with E-state index < -0.39 is 6.10 Å². The number of anilines is 1. The van der Waals surface area contributed by atoms with Gasteiger partial charge in [-0.05, 0) is 31.5 Å².